The second-order valence-electron chi connectivity index (χ2n) is 2.28. The average Bonchev–Trinajstić information content (AvgIpc) is 2.48. The van der Waals surface area contributed by atoms with Gasteiger partial charge in [0.2, 0.25) is 5.82 Å². The maximum atomic E-state index is 12.5. The zero-order valence-corrected chi connectivity index (χ0v) is 6.77. The Morgan fingerprint density at radius 3 is 2.92 bits per heavy atom. The van der Waals surface area contributed by atoms with Crippen molar-refractivity contribution in [1.82, 2.24) is 10.1 Å². The average molecular weight is 186 g/mol. The quantitative estimate of drug-likeness (QED) is 0.717. The van der Waals surface area contributed by atoms with Crippen LogP contribution in [-0.2, 0) is 4.79 Å². The molecule has 1 N–H and O–H groups in total. The van der Waals surface area contributed by atoms with Gasteiger partial charge in [0.05, 0.1) is 0 Å². The van der Waals surface area contributed by atoms with Crippen molar-refractivity contribution in [3.05, 3.63) is 17.8 Å². The maximum Gasteiger partial charge on any atom is 0.328 e. The van der Waals surface area contributed by atoms with E-state index in [9.17, 15) is 9.18 Å². The van der Waals surface area contributed by atoms with Gasteiger partial charge in [-0.25, -0.2) is 9.18 Å². The van der Waals surface area contributed by atoms with Crippen LogP contribution in [0.2, 0.25) is 0 Å². The number of carboxylic acids is 1. The van der Waals surface area contributed by atoms with Gasteiger partial charge in [-0.2, -0.15) is 4.98 Å². The summed E-state index contributed by atoms with van der Waals surface area (Å²) < 4.78 is 17.0. The third-order valence-corrected chi connectivity index (χ3v) is 1.18. The smallest absolute Gasteiger partial charge is 0.328 e. The monoisotopic (exact) mass is 186 g/mol. The van der Waals surface area contributed by atoms with Gasteiger partial charge in [-0.3, -0.25) is 0 Å². The van der Waals surface area contributed by atoms with E-state index in [0.717, 1.165) is 12.2 Å². The van der Waals surface area contributed by atoms with E-state index in [1.54, 1.807) is 0 Å². The van der Waals surface area contributed by atoms with Gasteiger partial charge in [0.15, 0.2) is 6.17 Å². The summed E-state index contributed by atoms with van der Waals surface area (Å²) in [6.07, 6.45) is 0.609. The molecule has 0 fully saturated rings. The molecular formula is C7H7FN2O3. The lowest BCUT2D eigenvalue weighted by Gasteiger charge is -1.87. The minimum Gasteiger partial charge on any atom is -0.478 e. The third kappa shape index (κ3) is 2.66. The SMILES string of the molecule is CC(F)c1noc(C=CC(=O)O)n1. The number of rotatable bonds is 3. The highest BCUT2D eigenvalue weighted by Gasteiger charge is 2.10. The van der Waals surface area contributed by atoms with Crippen LogP contribution in [0, 0.1) is 0 Å². The van der Waals surface area contributed by atoms with Crippen molar-refractivity contribution in [2.24, 2.45) is 0 Å². The molecule has 1 atom stereocenters. The normalized spacial score (nSPS) is 13.4. The number of aliphatic carboxylic acids is 1. The fourth-order valence-electron chi connectivity index (χ4n) is 0.619. The predicted molar refractivity (Wildman–Crippen MR) is 40.5 cm³/mol. The van der Waals surface area contributed by atoms with Crippen molar-refractivity contribution in [3.63, 3.8) is 0 Å². The highest BCUT2D eigenvalue weighted by molar-refractivity contribution is 5.84. The molecule has 0 spiro atoms. The Hall–Kier alpha value is -1.72. The van der Waals surface area contributed by atoms with E-state index in [0.29, 0.717) is 0 Å². The number of carboxylic acid groups (broad SMARTS) is 1. The minimum absolute atomic E-state index is 0.0260. The Bertz CT molecular complexity index is 332. The van der Waals surface area contributed by atoms with Crippen molar-refractivity contribution in [3.8, 4) is 0 Å². The molecule has 0 radical (unpaired) electrons. The number of hydrogen-bond acceptors (Lipinski definition) is 4. The Labute approximate surface area is 72.9 Å². The number of alkyl halides is 1. The van der Waals surface area contributed by atoms with Crippen LogP contribution in [0.25, 0.3) is 6.08 Å². The molecule has 70 valence electrons. The van der Waals surface area contributed by atoms with E-state index in [1.807, 2.05) is 0 Å². The van der Waals surface area contributed by atoms with E-state index in [1.165, 1.54) is 6.92 Å². The molecule has 1 rings (SSSR count). The van der Waals surface area contributed by atoms with Crippen LogP contribution < -0.4 is 0 Å². The molecule has 1 heterocycles. The van der Waals surface area contributed by atoms with Gasteiger partial charge < -0.3 is 9.63 Å². The molecule has 1 aromatic rings. The van der Waals surface area contributed by atoms with Crippen LogP contribution in [0.5, 0.6) is 0 Å². The molecule has 0 aliphatic rings. The fourth-order valence-corrected chi connectivity index (χ4v) is 0.619. The molecule has 0 aliphatic carbocycles. The Morgan fingerprint density at radius 2 is 2.46 bits per heavy atom. The molecule has 0 aromatic carbocycles. The second-order valence-corrected chi connectivity index (χ2v) is 2.28. The first-order valence-electron chi connectivity index (χ1n) is 3.48. The Morgan fingerprint density at radius 1 is 1.77 bits per heavy atom. The highest BCUT2D eigenvalue weighted by atomic mass is 19.1. The number of halogens is 1. The van der Waals surface area contributed by atoms with Crippen molar-refractivity contribution >= 4 is 12.0 Å². The lowest BCUT2D eigenvalue weighted by molar-refractivity contribution is -0.131. The van der Waals surface area contributed by atoms with Crippen molar-refractivity contribution in [2.45, 2.75) is 13.1 Å². The topological polar surface area (TPSA) is 76.2 Å². The van der Waals surface area contributed by atoms with Gasteiger partial charge >= 0.3 is 5.97 Å². The molecule has 1 aromatic heterocycles. The zero-order valence-electron chi connectivity index (χ0n) is 6.77. The molecule has 0 saturated carbocycles. The molecule has 13 heavy (non-hydrogen) atoms. The van der Waals surface area contributed by atoms with E-state index >= 15 is 0 Å². The fraction of sp³-hybridized carbons (Fsp3) is 0.286. The summed E-state index contributed by atoms with van der Waals surface area (Å²) in [5, 5.41) is 11.5. The van der Waals surface area contributed by atoms with Gasteiger partial charge in [-0.1, -0.05) is 5.16 Å². The second kappa shape index (κ2) is 3.79. The van der Waals surface area contributed by atoms with Gasteiger partial charge in [0.25, 0.3) is 5.89 Å². The molecule has 0 aliphatic heterocycles. The first-order chi connectivity index (χ1) is 6.09. The van der Waals surface area contributed by atoms with Crippen LogP contribution in [0.3, 0.4) is 0 Å². The molecule has 0 bridgehead atoms. The first-order valence-corrected chi connectivity index (χ1v) is 3.48. The molecule has 0 saturated heterocycles. The summed E-state index contributed by atoms with van der Waals surface area (Å²) >= 11 is 0. The van der Waals surface area contributed by atoms with E-state index in [4.69, 9.17) is 5.11 Å². The minimum atomic E-state index is -1.32. The summed E-state index contributed by atoms with van der Waals surface area (Å²) in [6.45, 7) is 1.26. The molecule has 6 heteroatoms. The number of aromatic nitrogens is 2. The van der Waals surface area contributed by atoms with Gasteiger partial charge in [0, 0.05) is 12.2 Å². The predicted octanol–water partition coefficient (Wildman–Crippen LogP) is 1.20. The first kappa shape index (κ1) is 9.37. The van der Waals surface area contributed by atoms with Crippen molar-refractivity contribution in [2.75, 3.05) is 0 Å². The molecule has 0 amide bonds. The molecule has 5 nitrogen and oxygen atoms in total. The van der Waals surface area contributed by atoms with Gasteiger partial charge in [0.1, 0.15) is 0 Å². The zero-order chi connectivity index (χ0) is 9.84. The number of nitrogens with zero attached hydrogens (tertiary/aromatic N) is 2. The van der Waals surface area contributed by atoms with Gasteiger partial charge in [-0.05, 0) is 6.92 Å². The summed E-state index contributed by atoms with van der Waals surface area (Å²) in [6, 6.07) is 0. The van der Waals surface area contributed by atoms with Crippen LogP contribution >= 0.6 is 0 Å². The highest BCUT2D eigenvalue weighted by Crippen LogP contribution is 2.12. The lowest BCUT2D eigenvalue weighted by Crippen LogP contribution is -1.88. The lowest BCUT2D eigenvalue weighted by atomic mass is 10.4. The van der Waals surface area contributed by atoms with Crippen LogP contribution in [-0.4, -0.2) is 21.2 Å². The van der Waals surface area contributed by atoms with Crippen LogP contribution in [0.15, 0.2) is 10.6 Å². The van der Waals surface area contributed by atoms with Crippen LogP contribution in [0.1, 0.15) is 24.8 Å². The van der Waals surface area contributed by atoms with E-state index in [-0.39, 0.29) is 11.7 Å². The summed E-state index contributed by atoms with van der Waals surface area (Å²) in [5.74, 6) is -1.25. The largest absolute Gasteiger partial charge is 0.478 e. The molecular weight excluding hydrogens is 179 g/mol. The van der Waals surface area contributed by atoms with E-state index in [2.05, 4.69) is 14.7 Å². The Kier molecular flexibility index (Phi) is 2.73. The Balaban J connectivity index is 2.75. The summed E-state index contributed by atoms with van der Waals surface area (Å²) in [5.41, 5.74) is 0. The third-order valence-electron chi connectivity index (χ3n) is 1.18. The summed E-state index contributed by atoms with van der Waals surface area (Å²) in [7, 11) is 0. The van der Waals surface area contributed by atoms with Gasteiger partial charge in [-0.15, -0.1) is 0 Å². The van der Waals surface area contributed by atoms with Crippen molar-refractivity contribution in [1.29, 1.82) is 0 Å². The summed E-state index contributed by atoms with van der Waals surface area (Å²) in [4.78, 5) is 13.6. The standard InChI is InChI=1S/C7H7FN2O3/c1-4(8)7-9-5(13-10-7)2-3-6(11)12/h2-4H,1H3,(H,11,12). The maximum absolute atomic E-state index is 12.5. The van der Waals surface area contributed by atoms with Crippen molar-refractivity contribution < 1.29 is 18.8 Å². The number of hydrogen-bond donors (Lipinski definition) is 1. The molecule has 1 unspecified atom stereocenters. The number of carbonyl (C=O) groups is 1. The van der Waals surface area contributed by atoms with Crippen LogP contribution in [0.4, 0.5) is 4.39 Å². The van der Waals surface area contributed by atoms with E-state index < -0.39 is 12.1 Å².